The van der Waals surface area contributed by atoms with Crippen molar-refractivity contribution in [2.75, 3.05) is 5.73 Å². The lowest BCUT2D eigenvalue weighted by molar-refractivity contribution is 0.733. The number of hydrogen-bond acceptors (Lipinski definition) is 2. The summed E-state index contributed by atoms with van der Waals surface area (Å²) >= 11 is 0. The fourth-order valence-corrected chi connectivity index (χ4v) is 1.90. The minimum absolute atomic E-state index is 0.795. The Labute approximate surface area is 95.9 Å². The maximum Gasteiger partial charge on any atom is 0.0702 e. The minimum Gasteiger partial charge on any atom is -0.399 e. The molecule has 0 aliphatic heterocycles. The molecular weight excluding hydrogens is 198 g/mol. The smallest absolute Gasteiger partial charge is 0.0702 e. The van der Waals surface area contributed by atoms with Crippen LogP contribution in [0.5, 0.6) is 0 Å². The number of benzene rings is 1. The SMILES string of the molecule is CCCc1nn(C)cc1-c1cccc(N)c1. The van der Waals surface area contributed by atoms with Crippen LogP contribution in [-0.4, -0.2) is 9.78 Å². The lowest BCUT2D eigenvalue weighted by atomic mass is 10.0. The van der Waals surface area contributed by atoms with Crippen molar-refractivity contribution >= 4 is 5.69 Å². The molecular formula is C13H17N3. The molecule has 0 saturated carbocycles. The van der Waals surface area contributed by atoms with E-state index in [-0.39, 0.29) is 0 Å². The van der Waals surface area contributed by atoms with Crippen LogP contribution in [0, 0.1) is 0 Å². The third-order valence-electron chi connectivity index (χ3n) is 2.59. The monoisotopic (exact) mass is 215 g/mol. The van der Waals surface area contributed by atoms with Gasteiger partial charge in [0.15, 0.2) is 0 Å². The van der Waals surface area contributed by atoms with Crippen LogP contribution in [0.4, 0.5) is 5.69 Å². The predicted octanol–water partition coefficient (Wildman–Crippen LogP) is 2.62. The van der Waals surface area contributed by atoms with Crippen molar-refractivity contribution in [3.63, 3.8) is 0 Å². The highest BCUT2D eigenvalue weighted by Gasteiger charge is 2.08. The number of nitrogens with two attached hydrogens (primary N) is 1. The Morgan fingerprint density at radius 2 is 2.19 bits per heavy atom. The van der Waals surface area contributed by atoms with Crippen molar-refractivity contribution in [2.45, 2.75) is 19.8 Å². The first-order valence-electron chi connectivity index (χ1n) is 5.59. The Bertz CT molecular complexity index is 486. The molecule has 84 valence electrons. The summed E-state index contributed by atoms with van der Waals surface area (Å²) in [6.45, 7) is 2.16. The number of nitrogens with zero attached hydrogens (tertiary/aromatic N) is 2. The number of aromatic nitrogens is 2. The first kappa shape index (κ1) is 10.7. The predicted molar refractivity (Wildman–Crippen MR) is 67.1 cm³/mol. The third kappa shape index (κ3) is 2.08. The van der Waals surface area contributed by atoms with E-state index in [4.69, 9.17) is 5.73 Å². The molecule has 0 radical (unpaired) electrons. The van der Waals surface area contributed by atoms with Gasteiger partial charge in [0.1, 0.15) is 0 Å². The number of nitrogen functional groups attached to an aromatic ring is 1. The Kier molecular flexibility index (Phi) is 2.95. The van der Waals surface area contributed by atoms with Gasteiger partial charge in [-0.05, 0) is 24.1 Å². The van der Waals surface area contributed by atoms with Crippen molar-refractivity contribution in [1.29, 1.82) is 0 Å². The Morgan fingerprint density at radius 1 is 1.38 bits per heavy atom. The molecule has 0 unspecified atom stereocenters. The van der Waals surface area contributed by atoms with E-state index in [1.165, 1.54) is 5.56 Å². The highest BCUT2D eigenvalue weighted by Crippen LogP contribution is 2.25. The van der Waals surface area contributed by atoms with E-state index in [0.717, 1.165) is 29.8 Å². The number of anilines is 1. The van der Waals surface area contributed by atoms with Gasteiger partial charge in [-0.3, -0.25) is 4.68 Å². The molecule has 2 aromatic rings. The maximum atomic E-state index is 5.80. The molecule has 1 heterocycles. The van der Waals surface area contributed by atoms with E-state index in [0.29, 0.717) is 0 Å². The van der Waals surface area contributed by atoms with E-state index in [9.17, 15) is 0 Å². The summed E-state index contributed by atoms with van der Waals surface area (Å²) in [6, 6.07) is 7.95. The van der Waals surface area contributed by atoms with Crippen LogP contribution < -0.4 is 5.73 Å². The maximum absolute atomic E-state index is 5.80. The molecule has 0 spiro atoms. The van der Waals surface area contributed by atoms with Crippen LogP contribution in [0.25, 0.3) is 11.1 Å². The van der Waals surface area contributed by atoms with Crippen LogP contribution >= 0.6 is 0 Å². The molecule has 0 fully saturated rings. The molecule has 0 aliphatic rings. The lowest BCUT2D eigenvalue weighted by Crippen LogP contribution is -1.91. The second-order valence-electron chi connectivity index (χ2n) is 4.04. The van der Waals surface area contributed by atoms with Gasteiger partial charge < -0.3 is 5.73 Å². The summed E-state index contributed by atoms with van der Waals surface area (Å²) in [5, 5.41) is 4.48. The minimum atomic E-state index is 0.795. The van der Waals surface area contributed by atoms with Crippen molar-refractivity contribution in [3.8, 4) is 11.1 Å². The van der Waals surface area contributed by atoms with E-state index in [1.54, 1.807) is 0 Å². The molecule has 1 aromatic heterocycles. The van der Waals surface area contributed by atoms with Crippen LogP contribution in [0.15, 0.2) is 30.5 Å². The van der Waals surface area contributed by atoms with Gasteiger partial charge in [-0.25, -0.2) is 0 Å². The van der Waals surface area contributed by atoms with E-state index in [2.05, 4.69) is 24.3 Å². The van der Waals surface area contributed by atoms with Gasteiger partial charge in [0.25, 0.3) is 0 Å². The third-order valence-corrected chi connectivity index (χ3v) is 2.59. The van der Waals surface area contributed by atoms with Gasteiger partial charge in [-0.1, -0.05) is 25.5 Å². The Balaban J connectivity index is 2.46. The highest BCUT2D eigenvalue weighted by atomic mass is 15.2. The molecule has 0 aliphatic carbocycles. The Hall–Kier alpha value is -1.77. The van der Waals surface area contributed by atoms with Gasteiger partial charge in [0, 0.05) is 24.5 Å². The average Bonchev–Trinajstić information content (AvgIpc) is 2.60. The van der Waals surface area contributed by atoms with Gasteiger partial charge in [0.05, 0.1) is 5.69 Å². The molecule has 1 aromatic carbocycles. The zero-order valence-electron chi connectivity index (χ0n) is 9.77. The Morgan fingerprint density at radius 3 is 2.88 bits per heavy atom. The average molecular weight is 215 g/mol. The summed E-state index contributed by atoms with van der Waals surface area (Å²) < 4.78 is 1.86. The molecule has 2 N–H and O–H groups in total. The molecule has 0 saturated heterocycles. The molecule has 3 heteroatoms. The van der Waals surface area contributed by atoms with E-state index in [1.807, 2.05) is 29.9 Å². The lowest BCUT2D eigenvalue weighted by Gasteiger charge is -2.02. The molecule has 3 nitrogen and oxygen atoms in total. The first-order chi connectivity index (χ1) is 7.70. The zero-order valence-corrected chi connectivity index (χ0v) is 9.77. The molecule has 0 bridgehead atoms. The highest BCUT2D eigenvalue weighted by molar-refractivity contribution is 5.68. The van der Waals surface area contributed by atoms with E-state index >= 15 is 0 Å². The van der Waals surface area contributed by atoms with Crippen molar-refractivity contribution in [2.24, 2.45) is 7.05 Å². The van der Waals surface area contributed by atoms with Gasteiger partial charge in [-0.15, -0.1) is 0 Å². The van der Waals surface area contributed by atoms with Crippen LogP contribution in [0.1, 0.15) is 19.0 Å². The fraction of sp³-hybridized carbons (Fsp3) is 0.308. The number of rotatable bonds is 3. The molecule has 0 amide bonds. The van der Waals surface area contributed by atoms with Crippen molar-refractivity contribution in [1.82, 2.24) is 9.78 Å². The topological polar surface area (TPSA) is 43.8 Å². The fourth-order valence-electron chi connectivity index (χ4n) is 1.90. The molecule has 0 atom stereocenters. The van der Waals surface area contributed by atoms with Crippen molar-refractivity contribution < 1.29 is 0 Å². The standard InChI is InChI=1S/C13H17N3/c1-3-5-13-12(9-16(2)15-13)10-6-4-7-11(14)8-10/h4,6-9H,3,5,14H2,1-2H3. The summed E-state index contributed by atoms with van der Waals surface area (Å²) in [7, 11) is 1.95. The zero-order chi connectivity index (χ0) is 11.5. The van der Waals surface area contributed by atoms with E-state index < -0.39 is 0 Å². The van der Waals surface area contributed by atoms with Crippen LogP contribution in [-0.2, 0) is 13.5 Å². The second kappa shape index (κ2) is 4.39. The molecule has 2 rings (SSSR count). The largest absolute Gasteiger partial charge is 0.399 e. The summed E-state index contributed by atoms with van der Waals surface area (Å²) in [6.07, 6.45) is 4.16. The summed E-state index contributed by atoms with van der Waals surface area (Å²) in [5.74, 6) is 0. The number of hydrogen-bond donors (Lipinski definition) is 1. The van der Waals surface area contributed by atoms with Gasteiger partial charge in [0.2, 0.25) is 0 Å². The molecule has 16 heavy (non-hydrogen) atoms. The van der Waals surface area contributed by atoms with Crippen LogP contribution in [0.3, 0.4) is 0 Å². The first-order valence-corrected chi connectivity index (χ1v) is 5.59. The normalized spacial score (nSPS) is 10.6. The summed E-state index contributed by atoms with van der Waals surface area (Å²) in [4.78, 5) is 0. The van der Waals surface area contributed by atoms with Gasteiger partial charge >= 0.3 is 0 Å². The van der Waals surface area contributed by atoms with Crippen LogP contribution in [0.2, 0.25) is 0 Å². The van der Waals surface area contributed by atoms with Gasteiger partial charge in [-0.2, -0.15) is 5.10 Å². The summed E-state index contributed by atoms with van der Waals surface area (Å²) in [5.41, 5.74) is 10.1. The second-order valence-corrected chi connectivity index (χ2v) is 4.04. The quantitative estimate of drug-likeness (QED) is 0.800. The number of aryl methyl sites for hydroxylation is 2. The van der Waals surface area contributed by atoms with Crippen molar-refractivity contribution in [3.05, 3.63) is 36.2 Å².